The standard InChI is InChI=1S/C16H20N6O5S/c1-22(2)10-17-11-7-5-6-8-12(11)28(24,25)21-16(23)20-15-18-13(26-3)9-14(19-15)27-4/h5-10H,1-4H3,(H2,18,19,20,21,23)/b17-10+. The number of hydrogen-bond acceptors (Lipinski definition) is 8. The van der Waals surface area contributed by atoms with Gasteiger partial charge in [-0.05, 0) is 12.1 Å². The molecule has 0 bridgehead atoms. The lowest BCUT2D eigenvalue weighted by molar-refractivity contribution is 0.256. The third-order valence-corrected chi connectivity index (χ3v) is 4.51. The highest BCUT2D eigenvalue weighted by Gasteiger charge is 2.21. The maximum absolute atomic E-state index is 12.6. The van der Waals surface area contributed by atoms with Gasteiger partial charge in [0.2, 0.25) is 17.7 Å². The minimum atomic E-state index is -4.20. The van der Waals surface area contributed by atoms with Crippen LogP contribution in [0.2, 0.25) is 0 Å². The second-order valence-corrected chi connectivity index (χ2v) is 7.16. The molecular weight excluding hydrogens is 388 g/mol. The number of hydrogen-bond donors (Lipinski definition) is 2. The molecule has 0 radical (unpaired) electrons. The molecule has 0 saturated heterocycles. The summed E-state index contributed by atoms with van der Waals surface area (Å²) in [5, 5.41) is 2.23. The van der Waals surface area contributed by atoms with Crippen LogP contribution in [0.4, 0.5) is 16.4 Å². The highest BCUT2D eigenvalue weighted by atomic mass is 32.2. The maximum atomic E-state index is 12.6. The topological polar surface area (TPSA) is 135 Å². The van der Waals surface area contributed by atoms with Crippen molar-refractivity contribution in [2.75, 3.05) is 33.6 Å². The van der Waals surface area contributed by atoms with Crippen molar-refractivity contribution in [1.29, 1.82) is 0 Å². The van der Waals surface area contributed by atoms with Gasteiger partial charge in [-0.2, -0.15) is 9.97 Å². The summed E-state index contributed by atoms with van der Waals surface area (Å²) in [6.45, 7) is 0. The summed E-state index contributed by atoms with van der Waals surface area (Å²) in [7, 11) is 2.04. The molecule has 2 aromatic rings. The average molecular weight is 408 g/mol. The van der Waals surface area contributed by atoms with Crippen LogP contribution in [0.15, 0.2) is 40.2 Å². The molecule has 0 spiro atoms. The molecule has 11 nitrogen and oxygen atoms in total. The van der Waals surface area contributed by atoms with E-state index in [2.05, 4.69) is 20.3 Å². The minimum Gasteiger partial charge on any atom is -0.481 e. The van der Waals surface area contributed by atoms with Gasteiger partial charge in [0.25, 0.3) is 10.0 Å². The van der Waals surface area contributed by atoms with Crippen LogP contribution in [0.3, 0.4) is 0 Å². The summed E-state index contributed by atoms with van der Waals surface area (Å²) < 4.78 is 37.0. The predicted octanol–water partition coefficient (Wildman–Crippen LogP) is 1.23. The molecule has 12 heteroatoms. The van der Waals surface area contributed by atoms with E-state index in [9.17, 15) is 13.2 Å². The molecule has 0 unspecified atom stereocenters. The number of nitrogens with zero attached hydrogens (tertiary/aromatic N) is 4. The van der Waals surface area contributed by atoms with Gasteiger partial charge in [-0.25, -0.2) is 22.9 Å². The van der Waals surface area contributed by atoms with Gasteiger partial charge >= 0.3 is 6.03 Å². The molecule has 1 heterocycles. The molecule has 0 aliphatic rings. The Kier molecular flexibility index (Phi) is 6.71. The number of aliphatic imine (C=N–C) groups is 1. The monoisotopic (exact) mass is 408 g/mol. The second-order valence-electron chi connectivity index (χ2n) is 5.51. The van der Waals surface area contributed by atoms with Crippen molar-refractivity contribution in [2.45, 2.75) is 4.90 Å². The predicted molar refractivity (Wildman–Crippen MR) is 103 cm³/mol. The van der Waals surface area contributed by atoms with Crippen molar-refractivity contribution >= 4 is 34.0 Å². The normalized spacial score (nSPS) is 11.1. The number of urea groups is 1. The first kappa shape index (κ1) is 20.9. The number of aromatic nitrogens is 2. The van der Waals surface area contributed by atoms with E-state index < -0.39 is 16.1 Å². The molecule has 2 N–H and O–H groups in total. The van der Waals surface area contributed by atoms with Gasteiger partial charge in [-0.1, -0.05) is 12.1 Å². The fourth-order valence-corrected chi connectivity index (χ4v) is 3.00. The lowest BCUT2D eigenvalue weighted by Crippen LogP contribution is -2.35. The Hall–Kier alpha value is -3.41. The van der Waals surface area contributed by atoms with Crippen LogP contribution < -0.4 is 19.5 Å². The van der Waals surface area contributed by atoms with Crippen molar-refractivity contribution in [2.24, 2.45) is 4.99 Å². The van der Waals surface area contributed by atoms with Gasteiger partial charge in [-0.15, -0.1) is 0 Å². The van der Waals surface area contributed by atoms with Gasteiger partial charge < -0.3 is 14.4 Å². The number of amides is 2. The summed E-state index contributed by atoms with van der Waals surface area (Å²) in [5.41, 5.74) is 0.177. The molecular formula is C16H20N6O5S. The molecule has 0 aliphatic carbocycles. The maximum Gasteiger partial charge on any atom is 0.335 e. The van der Waals surface area contributed by atoms with Crippen LogP contribution in [-0.4, -0.2) is 64.0 Å². The van der Waals surface area contributed by atoms with E-state index in [-0.39, 0.29) is 28.3 Å². The zero-order chi connectivity index (χ0) is 20.7. The van der Waals surface area contributed by atoms with Gasteiger partial charge in [0, 0.05) is 14.1 Å². The first-order valence-corrected chi connectivity index (χ1v) is 9.34. The van der Waals surface area contributed by atoms with E-state index in [0.717, 1.165) is 0 Å². The molecule has 0 fully saturated rings. The Morgan fingerprint density at radius 2 is 1.75 bits per heavy atom. The summed E-state index contributed by atoms with van der Waals surface area (Å²) in [6, 6.07) is 6.36. The van der Waals surface area contributed by atoms with E-state index in [1.165, 1.54) is 44.8 Å². The minimum absolute atomic E-state index is 0.133. The number of nitrogens with one attached hydrogen (secondary N) is 2. The Bertz CT molecular complexity index is 955. The molecule has 28 heavy (non-hydrogen) atoms. The summed E-state index contributed by atoms with van der Waals surface area (Å²) in [4.78, 5) is 25.6. The number of para-hydroxylation sites is 1. The third kappa shape index (κ3) is 5.54. The number of sulfonamides is 1. The molecule has 0 aliphatic heterocycles. The Balaban J connectivity index is 2.22. The Labute approximate surface area is 162 Å². The van der Waals surface area contributed by atoms with Crippen molar-refractivity contribution in [3.8, 4) is 11.8 Å². The molecule has 1 aromatic carbocycles. The van der Waals surface area contributed by atoms with Crippen LogP contribution in [-0.2, 0) is 10.0 Å². The zero-order valence-electron chi connectivity index (χ0n) is 15.7. The number of rotatable bonds is 7. The van der Waals surface area contributed by atoms with E-state index >= 15 is 0 Å². The number of anilines is 1. The van der Waals surface area contributed by atoms with Crippen LogP contribution in [0.25, 0.3) is 0 Å². The van der Waals surface area contributed by atoms with Crippen molar-refractivity contribution in [3.63, 3.8) is 0 Å². The highest BCUT2D eigenvalue weighted by molar-refractivity contribution is 7.90. The summed E-state index contributed by atoms with van der Waals surface area (Å²) in [6.07, 6.45) is 1.45. The Morgan fingerprint density at radius 3 is 2.32 bits per heavy atom. The van der Waals surface area contributed by atoms with Crippen LogP contribution >= 0.6 is 0 Å². The lowest BCUT2D eigenvalue weighted by Gasteiger charge is -2.11. The van der Waals surface area contributed by atoms with E-state index in [4.69, 9.17) is 9.47 Å². The Morgan fingerprint density at radius 1 is 1.14 bits per heavy atom. The van der Waals surface area contributed by atoms with Crippen LogP contribution in [0, 0.1) is 0 Å². The quantitative estimate of drug-likeness (QED) is 0.516. The van der Waals surface area contributed by atoms with Gasteiger partial charge in [0.05, 0.1) is 32.3 Å². The number of methoxy groups -OCH3 is 2. The van der Waals surface area contributed by atoms with Gasteiger partial charge in [-0.3, -0.25) is 5.32 Å². The molecule has 2 rings (SSSR count). The summed E-state index contributed by atoms with van der Waals surface area (Å²) >= 11 is 0. The third-order valence-electron chi connectivity index (χ3n) is 3.13. The van der Waals surface area contributed by atoms with Crippen molar-refractivity contribution in [3.05, 3.63) is 30.3 Å². The summed E-state index contributed by atoms with van der Waals surface area (Å²) in [5.74, 6) is 0.0737. The smallest absolute Gasteiger partial charge is 0.335 e. The highest BCUT2D eigenvalue weighted by Crippen LogP contribution is 2.23. The van der Waals surface area contributed by atoms with E-state index in [1.54, 1.807) is 25.1 Å². The first-order valence-electron chi connectivity index (χ1n) is 7.85. The SMILES string of the molecule is COc1cc(OC)nc(NC(=O)NS(=O)(=O)c2ccccc2/N=C/N(C)C)n1. The zero-order valence-corrected chi connectivity index (χ0v) is 16.5. The van der Waals surface area contributed by atoms with Crippen molar-refractivity contribution < 1.29 is 22.7 Å². The second kappa shape index (κ2) is 8.99. The number of benzene rings is 1. The number of ether oxygens (including phenoxy) is 2. The lowest BCUT2D eigenvalue weighted by atomic mass is 10.3. The van der Waals surface area contributed by atoms with Gasteiger partial charge in [0.15, 0.2) is 0 Å². The van der Waals surface area contributed by atoms with E-state index in [1.807, 2.05) is 4.72 Å². The molecule has 0 saturated carbocycles. The fourth-order valence-electron chi connectivity index (χ4n) is 1.94. The van der Waals surface area contributed by atoms with Crippen LogP contribution in [0.1, 0.15) is 0 Å². The largest absolute Gasteiger partial charge is 0.481 e. The van der Waals surface area contributed by atoms with Crippen LogP contribution in [0.5, 0.6) is 11.8 Å². The molecule has 150 valence electrons. The van der Waals surface area contributed by atoms with Crippen molar-refractivity contribution in [1.82, 2.24) is 19.6 Å². The molecule has 1 aromatic heterocycles. The number of carbonyl (C=O) groups excluding carboxylic acids is 1. The first-order chi connectivity index (χ1) is 13.2. The number of carbonyl (C=O) groups is 1. The molecule has 2 amide bonds. The average Bonchev–Trinajstić information content (AvgIpc) is 2.65. The van der Waals surface area contributed by atoms with Gasteiger partial charge in [0.1, 0.15) is 4.90 Å². The fraction of sp³-hybridized carbons (Fsp3) is 0.250. The van der Waals surface area contributed by atoms with E-state index in [0.29, 0.717) is 0 Å². The molecule has 0 atom stereocenters.